The van der Waals surface area contributed by atoms with E-state index in [1.54, 1.807) is 0 Å². The quantitative estimate of drug-likeness (QED) is 0.458. The molecule has 0 atom stereocenters. The zero-order chi connectivity index (χ0) is 6.24. The van der Waals surface area contributed by atoms with E-state index in [-0.39, 0.29) is 6.15 Å². The molecule has 0 amide bonds. The molecule has 0 saturated heterocycles. The lowest BCUT2D eigenvalue weighted by molar-refractivity contribution is 0.812. The van der Waals surface area contributed by atoms with Crippen LogP contribution in [0.15, 0.2) is 12.2 Å². The Kier molecular flexibility index (Phi) is 13.6. The summed E-state index contributed by atoms with van der Waals surface area (Å²) in [4.78, 5) is 0. The highest BCUT2D eigenvalue weighted by atomic mass is 14.0. The summed E-state index contributed by atoms with van der Waals surface area (Å²) in [7, 11) is 0. The lowest BCUT2D eigenvalue weighted by Gasteiger charge is -1.85. The molecule has 0 radical (unpaired) electrons. The Morgan fingerprint density at radius 2 is 1.78 bits per heavy atom. The smallest absolute Gasteiger partial charge is 0.0351 e. The van der Waals surface area contributed by atoms with Crippen LogP contribution in [0.2, 0.25) is 0 Å². The first-order chi connectivity index (χ1) is 3.91. The van der Waals surface area contributed by atoms with E-state index in [2.05, 4.69) is 26.0 Å². The largest absolute Gasteiger partial charge is 0.344 e. The number of hydrogen-bond donors (Lipinski definition) is 1. The van der Waals surface area contributed by atoms with Gasteiger partial charge in [-0.3, -0.25) is 0 Å². The second-order valence-electron chi connectivity index (χ2n) is 2.02. The van der Waals surface area contributed by atoms with Crippen LogP contribution in [0.4, 0.5) is 0 Å². The molecule has 0 saturated carbocycles. The van der Waals surface area contributed by atoms with Crippen LogP contribution in [-0.4, -0.2) is 0 Å². The fourth-order valence-electron chi connectivity index (χ4n) is 0.606. The molecule has 0 aromatic carbocycles. The van der Waals surface area contributed by atoms with Gasteiger partial charge in [0.15, 0.2) is 0 Å². The van der Waals surface area contributed by atoms with Crippen LogP contribution >= 0.6 is 0 Å². The molecule has 0 rings (SSSR count). The standard InChI is InChI=1S/C8H16.H3N/c1-3-5-7-8-6-4-2;/h5,7H,3-4,6,8H2,1-2H3;1H3. The van der Waals surface area contributed by atoms with Gasteiger partial charge in [-0.2, -0.15) is 0 Å². The number of allylic oxidation sites excluding steroid dienone is 2. The van der Waals surface area contributed by atoms with Crippen LogP contribution in [0.1, 0.15) is 39.5 Å². The molecule has 0 unspecified atom stereocenters. The van der Waals surface area contributed by atoms with Gasteiger partial charge in [-0.1, -0.05) is 38.8 Å². The van der Waals surface area contributed by atoms with Gasteiger partial charge in [0, 0.05) is 0 Å². The maximum absolute atomic E-state index is 2.27. The molecule has 9 heavy (non-hydrogen) atoms. The summed E-state index contributed by atoms with van der Waals surface area (Å²) in [5.74, 6) is 0. The van der Waals surface area contributed by atoms with Crippen molar-refractivity contribution in [2.75, 3.05) is 0 Å². The van der Waals surface area contributed by atoms with Crippen molar-refractivity contribution in [3.63, 3.8) is 0 Å². The zero-order valence-electron chi connectivity index (χ0n) is 6.69. The maximum atomic E-state index is 2.27. The average molecular weight is 129 g/mol. The molecule has 0 aromatic heterocycles. The summed E-state index contributed by atoms with van der Waals surface area (Å²) in [6.45, 7) is 4.39. The van der Waals surface area contributed by atoms with Crippen molar-refractivity contribution < 1.29 is 0 Å². The van der Waals surface area contributed by atoms with Crippen molar-refractivity contribution in [1.29, 1.82) is 0 Å². The third kappa shape index (κ3) is 11.3. The van der Waals surface area contributed by atoms with Gasteiger partial charge in [-0.25, -0.2) is 0 Å². The Balaban J connectivity index is 0. The first kappa shape index (κ1) is 11.5. The van der Waals surface area contributed by atoms with Crippen molar-refractivity contribution in [2.45, 2.75) is 39.5 Å². The lowest BCUT2D eigenvalue weighted by atomic mass is 10.2. The molecule has 3 N–H and O–H groups in total. The van der Waals surface area contributed by atoms with Crippen molar-refractivity contribution in [3.8, 4) is 0 Å². The monoisotopic (exact) mass is 129 g/mol. The van der Waals surface area contributed by atoms with Crippen molar-refractivity contribution in [2.24, 2.45) is 0 Å². The van der Waals surface area contributed by atoms with Crippen molar-refractivity contribution in [1.82, 2.24) is 6.15 Å². The Labute approximate surface area is 58.7 Å². The Hall–Kier alpha value is -0.300. The van der Waals surface area contributed by atoms with Crippen LogP contribution in [0.3, 0.4) is 0 Å². The van der Waals surface area contributed by atoms with Gasteiger partial charge in [-0.15, -0.1) is 0 Å². The Morgan fingerprint density at radius 1 is 1.11 bits per heavy atom. The van der Waals surface area contributed by atoms with Crippen LogP contribution in [0.25, 0.3) is 0 Å². The minimum atomic E-state index is 0. The predicted octanol–water partition coefficient (Wildman–Crippen LogP) is 3.30. The van der Waals surface area contributed by atoms with E-state index in [4.69, 9.17) is 0 Å². The first-order valence-electron chi connectivity index (χ1n) is 3.56. The second-order valence-corrected chi connectivity index (χ2v) is 2.02. The van der Waals surface area contributed by atoms with E-state index in [1.165, 1.54) is 25.7 Å². The molecule has 0 aromatic rings. The molecular weight excluding hydrogens is 110 g/mol. The number of hydrogen-bond acceptors (Lipinski definition) is 1. The van der Waals surface area contributed by atoms with E-state index in [9.17, 15) is 0 Å². The van der Waals surface area contributed by atoms with E-state index < -0.39 is 0 Å². The third-order valence-electron chi connectivity index (χ3n) is 1.13. The summed E-state index contributed by atoms with van der Waals surface area (Å²) >= 11 is 0. The summed E-state index contributed by atoms with van der Waals surface area (Å²) in [5.41, 5.74) is 0. The van der Waals surface area contributed by atoms with Crippen LogP contribution in [0.5, 0.6) is 0 Å². The van der Waals surface area contributed by atoms with Gasteiger partial charge >= 0.3 is 0 Å². The van der Waals surface area contributed by atoms with Gasteiger partial charge in [0.25, 0.3) is 0 Å². The van der Waals surface area contributed by atoms with Crippen LogP contribution in [-0.2, 0) is 0 Å². The van der Waals surface area contributed by atoms with E-state index in [0.29, 0.717) is 0 Å². The van der Waals surface area contributed by atoms with Crippen molar-refractivity contribution in [3.05, 3.63) is 12.2 Å². The fraction of sp³-hybridized carbons (Fsp3) is 0.750. The summed E-state index contributed by atoms with van der Waals surface area (Å²) < 4.78 is 0. The normalized spacial score (nSPS) is 9.56. The Bertz CT molecular complexity index is 57.6. The predicted molar refractivity (Wildman–Crippen MR) is 44.0 cm³/mol. The van der Waals surface area contributed by atoms with Gasteiger partial charge in [0.2, 0.25) is 0 Å². The molecule has 0 heterocycles. The number of rotatable bonds is 4. The molecule has 0 aliphatic carbocycles. The van der Waals surface area contributed by atoms with Gasteiger partial charge in [0.05, 0.1) is 0 Å². The number of unbranched alkanes of at least 4 members (excludes halogenated alkanes) is 2. The van der Waals surface area contributed by atoms with E-state index in [1.807, 2.05) is 0 Å². The molecule has 0 fully saturated rings. The molecule has 1 heteroatoms. The summed E-state index contributed by atoms with van der Waals surface area (Å²) in [6, 6.07) is 0. The summed E-state index contributed by atoms with van der Waals surface area (Å²) in [5, 5.41) is 0. The third-order valence-corrected chi connectivity index (χ3v) is 1.13. The summed E-state index contributed by atoms with van der Waals surface area (Å²) in [6.07, 6.45) is 9.61. The van der Waals surface area contributed by atoms with Crippen LogP contribution in [0, 0.1) is 0 Å². The highest BCUT2D eigenvalue weighted by Crippen LogP contribution is 1.94. The minimum Gasteiger partial charge on any atom is -0.344 e. The highest BCUT2D eigenvalue weighted by Gasteiger charge is 1.74. The van der Waals surface area contributed by atoms with E-state index >= 15 is 0 Å². The molecule has 0 aliphatic rings. The molecule has 0 spiro atoms. The van der Waals surface area contributed by atoms with Gasteiger partial charge in [-0.05, 0) is 12.8 Å². The van der Waals surface area contributed by atoms with Gasteiger partial charge < -0.3 is 6.15 Å². The van der Waals surface area contributed by atoms with Crippen molar-refractivity contribution >= 4 is 0 Å². The average Bonchev–Trinajstić information content (AvgIpc) is 1.81. The van der Waals surface area contributed by atoms with E-state index in [0.717, 1.165) is 0 Å². The molecule has 1 nitrogen and oxygen atoms in total. The molecule has 0 bridgehead atoms. The Morgan fingerprint density at radius 3 is 2.22 bits per heavy atom. The zero-order valence-corrected chi connectivity index (χ0v) is 6.69. The molecule has 56 valence electrons. The maximum Gasteiger partial charge on any atom is -0.0351 e. The van der Waals surface area contributed by atoms with Crippen LogP contribution < -0.4 is 6.15 Å². The minimum absolute atomic E-state index is 0. The topological polar surface area (TPSA) is 35.0 Å². The molecule has 0 aliphatic heterocycles. The SMILES string of the molecule is CCC=CCCCC.N. The first-order valence-corrected chi connectivity index (χ1v) is 3.56. The fourth-order valence-corrected chi connectivity index (χ4v) is 0.606. The molecular formula is C8H19N. The second kappa shape index (κ2) is 10.6. The van der Waals surface area contributed by atoms with Gasteiger partial charge in [0.1, 0.15) is 0 Å². The lowest BCUT2D eigenvalue weighted by Crippen LogP contribution is -1.65. The highest BCUT2D eigenvalue weighted by molar-refractivity contribution is 4.79.